The maximum Gasteiger partial charge on any atom is 0.238 e. The fourth-order valence-corrected chi connectivity index (χ4v) is 3.47. The summed E-state index contributed by atoms with van der Waals surface area (Å²) in [4.78, 5) is 4.78. The van der Waals surface area contributed by atoms with Crippen LogP contribution < -0.4 is 15.8 Å². The van der Waals surface area contributed by atoms with Crippen molar-refractivity contribution < 1.29 is 8.42 Å². The number of benzene rings is 1. The Bertz CT molecular complexity index is 724. The minimum absolute atomic E-state index is 0.140. The molecule has 0 amide bonds. The maximum atomic E-state index is 11.3. The number of aliphatic imine (C=N–C) groups is 1. The number of hydrogen-bond donors (Lipinski definition) is 3. The Kier molecular flexibility index (Phi) is 8.12. The van der Waals surface area contributed by atoms with Gasteiger partial charge in [-0.15, -0.1) is 0 Å². The van der Waals surface area contributed by atoms with Crippen LogP contribution in [0.4, 0.5) is 0 Å². The van der Waals surface area contributed by atoms with Crippen LogP contribution in [0.2, 0.25) is 0 Å². The van der Waals surface area contributed by atoms with Crippen molar-refractivity contribution in [1.29, 1.82) is 0 Å². The van der Waals surface area contributed by atoms with Gasteiger partial charge in [0.1, 0.15) is 0 Å². The zero-order chi connectivity index (χ0) is 18.8. The fourth-order valence-electron chi connectivity index (χ4n) is 2.96. The van der Waals surface area contributed by atoms with E-state index in [2.05, 4.69) is 21.7 Å². The molecule has 0 atom stereocenters. The highest BCUT2D eigenvalue weighted by Crippen LogP contribution is 2.19. The van der Waals surface area contributed by atoms with E-state index in [4.69, 9.17) is 5.14 Å². The number of allylic oxidation sites excluding steroid dienone is 1. The van der Waals surface area contributed by atoms with Crippen molar-refractivity contribution >= 4 is 16.0 Å². The van der Waals surface area contributed by atoms with Crippen LogP contribution in [0.15, 0.2) is 45.8 Å². The number of rotatable bonds is 8. The highest BCUT2D eigenvalue weighted by Gasteiger charge is 2.07. The van der Waals surface area contributed by atoms with Gasteiger partial charge in [0.05, 0.1) is 4.90 Å². The second-order valence-electron chi connectivity index (χ2n) is 6.48. The number of hydrogen-bond acceptors (Lipinski definition) is 3. The normalized spacial score (nSPS) is 15.5. The van der Waals surface area contributed by atoms with Gasteiger partial charge >= 0.3 is 0 Å². The molecule has 0 radical (unpaired) electrons. The van der Waals surface area contributed by atoms with E-state index in [0.29, 0.717) is 0 Å². The summed E-state index contributed by atoms with van der Waals surface area (Å²) in [7, 11) is -3.63. The third-order valence-electron chi connectivity index (χ3n) is 4.39. The molecule has 26 heavy (non-hydrogen) atoms. The molecule has 0 spiro atoms. The Morgan fingerprint density at radius 1 is 1.15 bits per heavy atom. The summed E-state index contributed by atoms with van der Waals surface area (Å²) in [5.74, 6) is 0.824. The molecule has 0 aliphatic heterocycles. The standard InChI is InChI=1S/C19H30N4O2S/c1-2-21-19(22-14-12-16-6-4-3-5-7-16)23-15-13-17-8-10-18(11-9-17)26(20,24)25/h6,8-11H,2-5,7,12-15H2,1H3,(H2,20,24,25)(H2,21,22,23). The summed E-state index contributed by atoms with van der Waals surface area (Å²) in [6, 6.07) is 6.67. The van der Waals surface area contributed by atoms with Crippen molar-refractivity contribution in [2.75, 3.05) is 19.6 Å². The Balaban J connectivity index is 1.80. The van der Waals surface area contributed by atoms with Gasteiger partial charge in [-0.2, -0.15) is 0 Å². The second kappa shape index (κ2) is 10.3. The van der Waals surface area contributed by atoms with Gasteiger partial charge in [0.25, 0.3) is 0 Å². The van der Waals surface area contributed by atoms with Crippen molar-refractivity contribution in [3.63, 3.8) is 0 Å². The number of primary sulfonamides is 1. The molecule has 4 N–H and O–H groups in total. The van der Waals surface area contributed by atoms with Gasteiger partial charge in [0.15, 0.2) is 5.96 Å². The number of nitrogens with zero attached hydrogens (tertiary/aromatic N) is 1. The first-order valence-corrected chi connectivity index (χ1v) is 10.9. The first-order chi connectivity index (χ1) is 12.5. The van der Waals surface area contributed by atoms with E-state index in [0.717, 1.165) is 44.0 Å². The van der Waals surface area contributed by atoms with Gasteiger partial charge in [-0.05, 0) is 63.1 Å². The van der Waals surface area contributed by atoms with Crippen LogP contribution in [-0.2, 0) is 16.4 Å². The van der Waals surface area contributed by atoms with Gasteiger partial charge in [0, 0.05) is 19.6 Å². The smallest absolute Gasteiger partial charge is 0.238 e. The molecular formula is C19H30N4O2S. The Hall–Kier alpha value is -1.86. The Morgan fingerprint density at radius 3 is 2.54 bits per heavy atom. The monoisotopic (exact) mass is 378 g/mol. The number of nitrogens with one attached hydrogen (secondary N) is 2. The summed E-state index contributed by atoms with van der Waals surface area (Å²) < 4.78 is 22.5. The van der Waals surface area contributed by atoms with E-state index in [-0.39, 0.29) is 4.90 Å². The molecule has 0 aromatic heterocycles. The van der Waals surface area contributed by atoms with Gasteiger partial charge < -0.3 is 10.6 Å². The van der Waals surface area contributed by atoms with E-state index < -0.39 is 10.0 Å². The SMILES string of the molecule is CCNC(=NCCC1=CCCCC1)NCCc1ccc(S(N)(=O)=O)cc1. The van der Waals surface area contributed by atoms with E-state index in [1.165, 1.54) is 31.3 Å². The zero-order valence-electron chi connectivity index (χ0n) is 15.5. The topological polar surface area (TPSA) is 96.6 Å². The van der Waals surface area contributed by atoms with Crippen molar-refractivity contribution in [3.05, 3.63) is 41.5 Å². The van der Waals surface area contributed by atoms with Crippen LogP contribution in [0.25, 0.3) is 0 Å². The Morgan fingerprint density at radius 2 is 1.92 bits per heavy atom. The first kappa shape index (κ1) is 20.5. The second-order valence-corrected chi connectivity index (χ2v) is 8.05. The number of nitrogens with two attached hydrogens (primary N) is 1. The molecule has 6 nitrogen and oxygen atoms in total. The molecule has 0 saturated heterocycles. The van der Waals surface area contributed by atoms with Crippen LogP contribution in [0, 0.1) is 0 Å². The van der Waals surface area contributed by atoms with Gasteiger partial charge in [-0.3, -0.25) is 4.99 Å². The van der Waals surface area contributed by atoms with E-state index in [1.807, 2.05) is 6.92 Å². The minimum atomic E-state index is -3.63. The fraction of sp³-hybridized carbons (Fsp3) is 0.526. The average Bonchev–Trinajstić information content (AvgIpc) is 2.62. The third-order valence-corrected chi connectivity index (χ3v) is 5.32. The molecule has 2 rings (SSSR count). The molecule has 7 heteroatoms. The zero-order valence-corrected chi connectivity index (χ0v) is 16.3. The van der Waals surface area contributed by atoms with Gasteiger partial charge in [0.2, 0.25) is 10.0 Å². The molecule has 0 heterocycles. The summed E-state index contributed by atoms with van der Waals surface area (Å²) >= 11 is 0. The third kappa shape index (κ3) is 7.17. The molecule has 144 valence electrons. The lowest BCUT2D eigenvalue weighted by Gasteiger charge is -2.13. The first-order valence-electron chi connectivity index (χ1n) is 9.31. The lowest BCUT2D eigenvalue weighted by molar-refractivity contribution is 0.598. The predicted octanol–water partition coefficient (Wildman–Crippen LogP) is 2.32. The molecule has 0 fully saturated rings. The predicted molar refractivity (Wildman–Crippen MR) is 107 cm³/mol. The molecule has 0 bridgehead atoms. The highest BCUT2D eigenvalue weighted by atomic mass is 32.2. The summed E-state index contributed by atoms with van der Waals surface area (Å²) in [6.07, 6.45) is 9.22. The van der Waals surface area contributed by atoms with Crippen LogP contribution in [0.5, 0.6) is 0 Å². The molecule has 0 saturated carbocycles. The molecule has 1 aliphatic carbocycles. The molecule has 1 aromatic rings. The summed E-state index contributed by atoms with van der Waals surface area (Å²) in [5.41, 5.74) is 2.58. The van der Waals surface area contributed by atoms with E-state index in [1.54, 1.807) is 24.3 Å². The number of sulfonamides is 1. The molecule has 1 aliphatic rings. The lowest BCUT2D eigenvalue weighted by atomic mass is 9.97. The van der Waals surface area contributed by atoms with Crippen molar-refractivity contribution in [2.24, 2.45) is 10.1 Å². The quantitative estimate of drug-likeness (QED) is 0.367. The number of guanidine groups is 1. The largest absolute Gasteiger partial charge is 0.357 e. The van der Waals surface area contributed by atoms with Crippen LogP contribution in [0.1, 0.15) is 44.6 Å². The minimum Gasteiger partial charge on any atom is -0.357 e. The molecule has 0 unspecified atom stereocenters. The molecule has 1 aromatic carbocycles. The lowest BCUT2D eigenvalue weighted by Crippen LogP contribution is -2.38. The summed E-state index contributed by atoms with van der Waals surface area (Å²) in [6.45, 7) is 4.39. The van der Waals surface area contributed by atoms with Crippen LogP contribution >= 0.6 is 0 Å². The van der Waals surface area contributed by atoms with E-state index >= 15 is 0 Å². The Labute approximate surface area is 157 Å². The van der Waals surface area contributed by atoms with Crippen molar-refractivity contribution in [3.8, 4) is 0 Å². The van der Waals surface area contributed by atoms with Gasteiger partial charge in [-0.1, -0.05) is 23.8 Å². The highest BCUT2D eigenvalue weighted by molar-refractivity contribution is 7.89. The van der Waals surface area contributed by atoms with Gasteiger partial charge in [-0.25, -0.2) is 13.6 Å². The van der Waals surface area contributed by atoms with E-state index in [9.17, 15) is 8.42 Å². The van der Waals surface area contributed by atoms with Crippen LogP contribution in [-0.4, -0.2) is 34.0 Å². The van der Waals surface area contributed by atoms with Crippen molar-refractivity contribution in [1.82, 2.24) is 10.6 Å². The van der Waals surface area contributed by atoms with Crippen molar-refractivity contribution in [2.45, 2.75) is 50.3 Å². The molecular weight excluding hydrogens is 348 g/mol. The summed E-state index contributed by atoms with van der Waals surface area (Å²) in [5, 5.41) is 11.7. The maximum absolute atomic E-state index is 11.3. The average molecular weight is 379 g/mol. The van der Waals surface area contributed by atoms with Crippen LogP contribution in [0.3, 0.4) is 0 Å².